The van der Waals surface area contributed by atoms with Crippen LogP contribution in [0.4, 0.5) is 5.82 Å². The third-order valence-electron chi connectivity index (χ3n) is 3.73. The molecule has 4 nitrogen and oxygen atoms in total. The summed E-state index contributed by atoms with van der Waals surface area (Å²) < 4.78 is 0. The Hall–Kier alpha value is -2.01. The number of nitrogens with two attached hydrogens (primary N) is 1. The Bertz CT molecular complexity index is 655. The summed E-state index contributed by atoms with van der Waals surface area (Å²) in [6, 6.07) is 7.95. The first-order valence-electron chi connectivity index (χ1n) is 7.20. The number of nitrogens with one attached hydrogen (secondary N) is 1. The van der Waals surface area contributed by atoms with Crippen molar-refractivity contribution in [3.63, 3.8) is 0 Å². The van der Waals surface area contributed by atoms with E-state index in [4.69, 9.17) is 22.9 Å². The summed E-state index contributed by atoms with van der Waals surface area (Å²) in [4.78, 5) is 9.43. The highest BCUT2D eigenvalue weighted by atomic mass is 32.1. The molecule has 0 aromatic carbocycles. The average Bonchev–Trinajstić information content (AvgIpc) is 2.53. The van der Waals surface area contributed by atoms with E-state index in [1.807, 2.05) is 18.2 Å². The molecule has 0 saturated heterocycles. The Morgan fingerprint density at radius 1 is 1.29 bits per heavy atom. The fourth-order valence-electron chi connectivity index (χ4n) is 2.63. The number of anilines is 1. The van der Waals surface area contributed by atoms with Gasteiger partial charge in [-0.25, -0.2) is 4.98 Å². The highest BCUT2D eigenvalue weighted by molar-refractivity contribution is 7.80. The van der Waals surface area contributed by atoms with Crippen LogP contribution in [0.25, 0.3) is 0 Å². The summed E-state index contributed by atoms with van der Waals surface area (Å²) >= 11 is 5.17. The molecule has 0 radical (unpaired) electrons. The monoisotopic (exact) mass is 298 g/mol. The second-order valence-electron chi connectivity index (χ2n) is 5.24. The van der Waals surface area contributed by atoms with E-state index in [2.05, 4.69) is 16.4 Å². The van der Waals surface area contributed by atoms with Gasteiger partial charge in [0.2, 0.25) is 0 Å². The zero-order valence-corrected chi connectivity index (χ0v) is 12.6. The molecule has 2 heterocycles. The maximum absolute atomic E-state index is 5.85. The number of hydrogen-bond donors (Lipinski definition) is 2. The van der Waals surface area contributed by atoms with Gasteiger partial charge in [0, 0.05) is 11.9 Å². The molecule has 0 aliphatic heterocycles. The van der Waals surface area contributed by atoms with E-state index in [0.717, 1.165) is 29.9 Å². The molecule has 1 aliphatic rings. The lowest BCUT2D eigenvalue weighted by molar-refractivity contribution is 0.668. The highest BCUT2D eigenvalue weighted by Crippen LogP contribution is 2.25. The van der Waals surface area contributed by atoms with E-state index in [9.17, 15) is 0 Å². The molecule has 21 heavy (non-hydrogen) atoms. The molecule has 5 heteroatoms. The minimum absolute atomic E-state index is 0.388. The first-order valence-corrected chi connectivity index (χ1v) is 7.61. The number of fused-ring (bicyclic) bond motifs is 1. The van der Waals surface area contributed by atoms with Crippen molar-refractivity contribution >= 4 is 23.0 Å². The van der Waals surface area contributed by atoms with E-state index in [1.54, 1.807) is 6.20 Å². The number of hydrogen-bond acceptors (Lipinski definition) is 4. The number of nitrogens with zero attached hydrogens (tertiary/aromatic N) is 2. The molecular formula is C16H18N4S. The molecule has 0 fully saturated rings. The Balaban J connectivity index is 1.87. The summed E-state index contributed by atoms with van der Waals surface area (Å²) in [7, 11) is 0. The summed E-state index contributed by atoms with van der Waals surface area (Å²) in [5.74, 6) is 0.772. The quantitative estimate of drug-likeness (QED) is 0.850. The summed E-state index contributed by atoms with van der Waals surface area (Å²) in [6.45, 7) is 0.613. The molecule has 0 atom stereocenters. The highest BCUT2D eigenvalue weighted by Gasteiger charge is 2.16. The zero-order valence-electron chi connectivity index (χ0n) is 11.8. The predicted octanol–water partition coefficient (Wildman–Crippen LogP) is 2.60. The van der Waals surface area contributed by atoms with Gasteiger partial charge in [-0.05, 0) is 49.4 Å². The Morgan fingerprint density at radius 2 is 2.14 bits per heavy atom. The molecule has 0 saturated carbocycles. The second-order valence-corrected chi connectivity index (χ2v) is 5.68. The molecule has 1 aliphatic carbocycles. The average molecular weight is 298 g/mol. The van der Waals surface area contributed by atoms with Crippen LogP contribution in [0.2, 0.25) is 0 Å². The number of aryl methyl sites for hydroxylation is 2. The number of rotatable bonds is 4. The first kappa shape index (κ1) is 13.9. The third-order valence-corrected chi connectivity index (χ3v) is 3.95. The van der Waals surface area contributed by atoms with Gasteiger partial charge >= 0.3 is 0 Å². The van der Waals surface area contributed by atoms with Crippen LogP contribution in [0.3, 0.4) is 0 Å². The van der Waals surface area contributed by atoms with Crippen molar-refractivity contribution in [3.05, 3.63) is 53.0 Å². The van der Waals surface area contributed by atoms with Crippen LogP contribution in [0.15, 0.2) is 30.5 Å². The van der Waals surface area contributed by atoms with Crippen LogP contribution in [-0.4, -0.2) is 15.0 Å². The van der Waals surface area contributed by atoms with Crippen LogP contribution in [-0.2, 0) is 19.4 Å². The van der Waals surface area contributed by atoms with E-state index >= 15 is 0 Å². The molecule has 0 bridgehead atoms. The lowest BCUT2D eigenvalue weighted by atomic mass is 9.94. The van der Waals surface area contributed by atoms with E-state index in [1.165, 1.54) is 24.1 Å². The summed E-state index contributed by atoms with van der Waals surface area (Å²) in [5, 5.41) is 3.32. The maximum atomic E-state index is 5.85. The van der Waals surface area contributed by atoms with E-state index in [-0.39, 0.29) is 0 Å². The van der Waals surface area contributed by atoms with Crippen LogP contribution in [0.1, 0.15) is 35.4 Å². The van der Waals surface area contributed by atoms with Crippen molar-refractivity contribution in [2.24, 2.45) is 5.73 Å². The van der Waals surface area contributed by atoms with Crippen molar-refractivity contribution in [2.75, 3.05) is 5.32 Å². The number of thiocarbonyl (C=S) groups is 1. The first-order chi connectivity index (χ1) is 10.2. The van der Waals surface area contributed by atoms with Gasteiger partial charge in [-0.3, -0.25) is 4.98 Å². The molecule has 0 unspecified atom stereocenters. The minimum atomic E-state index is 0.388. The molecule has 3 N–H and O–H groups in total. The molecule has 108 valence electrons. The van der Waals surface area contributed by atoms with Gasteiger partial charge in [-0.1, -0.05) is 18.3 Å². The summed E-state index contributed by atoms with van der Waals surface area (Å²) in [6.07, 6.45) is 6.30. The Kier molecular flexibility index (Phi) is 4.10. The van der Waals surface area contributed by atoms with Gasteiger partial charge in [-0.15, -0.1) is 0 Å². The van der Waals surface area contributed by atoms with Gasteiger partial charge in [0.25, 0.3) is 0 Å². The van der Waals surface area contributed by atoms with Crippen molar-refractivity contribution in [1.29, 1.82) is 0 Å². The molecule has 0 spiro atoms. The standard InChI is InChI=1S/C16H18N4S/c17-15(21)13-9-11-5-1-2-7-14(11)20-16(13)19-10-12-6-3-4-8-18-12/h3-4,6,8-9H,1-2,5,7,10H2,(H2,17,21)(H,19,20). The van der Waals surface area contributed by atoms with Gasteiger partial charge in [0.1, 0.15) is 10.8 Å². The Morgan fingerprint density at radius 3 is 2.90 bits per heavy atom. The van der Waals surface area contributed by atoms with Crippen molar-refractivity contribution < 1.29 is 0 Å². The van der Waals surface area contributed by atoms with Crippen molar-refractivity contribution in [3.8, 4) is 0 Å². The smallest absolute Gasteiger partial charge is 0.136 e. The van der Waals surface area contributed by atoms with Gasteiger partial charge < -0.3 is 11.1 Å². The topological polar surface area (TPSA) is 63.8 Å². The van der Waals surface area contributed by atoms with Crippen LogP contribution >= 0.6 is 12.2 Å². The van der Waals surface area contributed by atoms with Crippen LogP contribution < -0.4 is 11.1 Å². The number of pyridine rings is 2. The van der Waals surface area contributed by atoms with E-state index in [0.29, 0.717) is 11.5 Å². The van der Waals surface area contributed by atoms with E-state index < -0.39 is 0 Å². The molecule has 2 aromatic rings. The lowest BCUT2D eigenvalue weighted by Crippen LogP contribution is -2.18. The Labute approximate surface area is 129 Å². The normalized spacial score (nSPS) is 13.5. The fourth-order valence-corrected chi connectivity index (χ4v) is 2.79. The van der Waals surface area contributed by atoms with Crippen molar-refractivity contribution in [1.82, 2.24) is 9.97 Å². The molecule has 0 amide bonds. The maximum Gasteiger partial charge on any atom is 0.136 e. The molecule has 2 aromatic heterocycles. The fraction of sp³-hybridized carbons (Fsp3) is 0.312. The minimum Gasteiger partial charge on any atom is -0.389 e. The van der Waals surface area contributed by atoms with Gasteiger partial charge in [0.05, 0.1) is 17.8 Å². The van der Waals surface area contributed by atoms with Crippen LogP contribution in [0.5, 0.6) is 0 Å². The lowest BCUT2D eigenvalue weighted by Gasteiger charge is -2.19. The predicted molar refractivity (Wildman–Crippen MR) is 88.3 cm³/mol. The summed E-state index contributed by atoms with van der Waals surface area (Å²) in [5.41, 5.74) is 10.1. The van der Waals surface area contributed by atoms with Crippen molar-refractivity contribution in [2.45, 2.75) is 32.2 Å². The SMILES string of the molecule is NC(=S)c1cc2c(nc1NCc1ccccn1)CCCC2. The largest absolute Gasteiger partial charge is 0.389 e. The second kappa shape index (κ2) is 6.18. The molecule has 3 rings (SSSR count). The third kappa shape index (κ3) is 3.19. The van der Waals surface area contributed by atoms with Gasteiger partial charge in [0.15, 0.2) is 0 Å². The van der Waals surface area contributed by atoms with Gasteiger partial charge in [-0.2, -0.15) is 0 Å². The molecular weight excluding hydrogens is 280 g/mol. The zero-order chi connectivity index (χ0) is 14.7. The number of aromatic nitrogens is 2. The van der Waals surface area contributed by atoms with Crippen LogP contribution in [0, 0.1) is 0 Å².